The number of fused-ring (bicyclic) bond motifs is 1. The monoisotopic (exact) mass is 671 g/mol. The van der Waals surface area contributed by atoms with Crippen LogP contribution in [0.2, 0.25) is 0 Å². The second-order valence-corrected chi connectivity index (χ2v) is 14.2. The number of methoxy groups -OCH3 is 1. The van der Waals surface area contributed by atoms with E-state index in [1.54, 1.807) is 29.2 Å². The Labute approximate surface area is 285 Å². The maximum Gasteiger partial charge on any atom is 0.318 e. The Hall–Kier alpha value is -4.94. The van der Waals surface area contributed by atoms with Gasteiger partial charge in [0.05, 0.1) is 24.6 Å². The van der Waals surface area contributed by atoms with Crippen molar-refractivity contribution in [3.63, 3.8) is 0 Å². The predicted octanol–water partition coefficient (Wildman–Crippen LogP) is 3.95. The number of amides is 5. The summed E-state index contributed by atoms with van der Waals surface area (Å²) in [5.74, 6) is -0.286. The second kappa shape index (κ2) is 13.5. The zero-order valence-corrected chi connectivity index (χ0v) is 28.3. The van der Waals surface area contributed by atoms with Crippen molar-refractivity contribution in [3.8, 4) is 5.75 Å². The van der Waals surface area contributed by atoms with Crippen LogP contribution in [0.3, 0.4) is 0 Å². The molecule has 0 radical (unpaired) electrons. The normalized spacial score (nSPS) is 22.4. The predicted molar refractivity (Wildman–Crippen MR) is 184 cm³/mol. The molecule has 1 saturated heterocycles. The molecule has 3 fully saturated rings. The van der Waals surface area contributed by atoms with E-state index >= 15 is 0 Å². The fourth-order valence-corrected chi connectivity index (χ4v) is 7.45. The van der Waals surface area contributed by atoms with Crippen molar-refractivity contribution in [2.45, 2.75) is 76.9 Å². The first kappa shape index (κ1) is 33.9. The molecule has 5 amide bonds. The zero-order chi connectivity index (χ0) is 35.0. The van der Waals surface area contributed by atoms with E-state index in [0.717, 1.165) is 36.8 Å². The summed E-state index contributed by atoms with van der Waals surface area (Å²) in [5.41, 5.74) is 0.830. The molecule has 3 aliphatic carbocycles. The molecule has 3 atom stereocenters. The zero-order valence-electron chi connectivity index (χ0n) is 28.3. The highest BCUT2D eigenvalue weighted by molar-refractivity contribution is 6.65. The Morgan fingerprint density at radius 1 is 1.04 bits per heavy atom. The fourth-order valence-electron chi connectivity index (χ4n) is 7.45. The van der Waals surface area contributed by atoms with Crippen LogP contribution >= 0.6 is 0 Å². The van der Waals surface area contributed by atoms with Gasteiger partial charge in [-0.15, -0.1) is 0 Å². The number of rotatable bonds is 13. The molecule has 2 saturated carbocycles. The van der Waals surface area contributed by atoms with Crippen molar-refractivity contribution >= 4 is 46.6 Å². The number of anilines is 2. The minimum absolute atomic E-state index is 0.0711. The maximum absolute atomic E-state index is 14.3. The number of nitrogens with one attached hydrogen (secondary N) is 5. The number of urea groups is 1. The summed E-state index contributed by atoms with van der Waals surface area (Å²) in [6.45, 7) is 5.78. The molecule has 2 aromatic rings. The van der Waals surface area contributed by atoms with Crippen molar-refractivity contribution < 1.29 is 29.1 Å². The minimum Gasteiger partial charge on any atom is -0.495 e. The van der Waals surface area contributed by atoms with Gasteiger partial charge < -0.3 is 41.5 Å². The number of oxime groups is 1. The fraction of sp³-hybridized carbons (Fsp3) is 0.500. The van der Waals surface area contributed by atoms with Crippen LogP contribution in [0.15, 0.2) is 47.6 Å². The van der Waals surface area contributed by atoms with Gasteiger partial charge in [0.25, 0.3) is 11.8 Å². The standard InChI is InChI=1S/C36H45N7O6/c1-19(2)27-18-43(35(47)40-27)36(34(46)39-26-7-5-6-8-28(26)49-4)16-23-13-14-25(15-24(23)17-36)38-33(45)31(29(21-9-10-21)22-11-12-22)41-32(44)30(42-48)20(3)37/h5-8,13-15,19,21-22,27,29,31,37,48H,9-12,16-18H2,1-4H3,(H,38,45)(H,39,46)(H,40,47)(H,41,44)/b37-20?,42-30+/t27-,31-,36?/m0/s1. The molecule has 0 spiro atoms. The molecule has 0 aromatic heterocycles. The lowest BCUT2D eigenvalue weighted by Gasteiger charge is -2.37. The molecular weight excluding hydrogens is 626 g/mol. The van der Waals surface area contributed by atoms with Crippen LogP contribution < -0.4 is 26.0 Å². The molecule has 6 rings (SSSR count). The Morgan fingerprint density at radius 2 is 1.71 bits per heavy atom. The number of nitrogens with zero attached hydrogens (tertiary/aromatic N) is 2. The first-order chi connectivity index (χ1) is 23.4. The largest absolute Gasteiger partial charge is 0.495 e. The Morgan fingerprint density at radius 3 is 2.31 bits per heavy atom. The highest BCUT2D eigenvalue weighted by Gasteiger charge is 2.54. The molecule has 1 heterocycles. The number of benzene rings is 2. The van der Waals surface area contributed by atoms with Crippen LogP contribution in [0.1, 0.15) is 57.6 Å². The van der Waals surface area contributed by atoms with E-state index in [2.05, 4.69) is 26.4 Å². The SMILES string of the molecule is COc1ccccc1NC(=O)C1(N2C[C@@H](C(C)C)NC2=O)Cc2ccc(NC(=O)[C@@H](NC(=O)/C(=N/O)C(C)=N)C(C3CC3)C3CC3)cc2C1. The number of carbonyl (C=O) groups excluding carboxylic acids is 4. The number of carbonyl (C=O) groups is 4. The van der Waals surface area contributed by atoms with Gasteiger partial charge in [-0.05, 0) is 91.7 Å². The lowest BCUT2D eigenvalue weighted by atomic mass is 9.88. The van der Waals surface area contributed by atoms with Gasteiger partial charge in [0.15, 0.2) is 5.71 Å². The van der Waals surface area contributed by atoms with Gasteiger partial charge in [0.2, 0.25) is 5.91 Å². The minimum atomic E-state index is -1.23. The summed E-state index contributed by atoms with van der Waals surface area (Å²) in [5, 5.41) is 32.1. The number of hydrogen-bond acceptors (Lipinski definition) is 8. The highest BCUT2D eigenvalue weighted by Crippen LogP contribution is 2.51. The van der Waals surface area contributed by atoms with E-state index in [9.17, 15) is 24.4 Å². The van der Waals surface area contributed by atoms with Gasteiger partial charge in [0.1, 0.15) is 17.3 Å². The van der Waals surface area contributed by atoms with Gasteiger partial charge in [0, 0.05) is 25.1 Å². The molecule has 13 heteroatoms. The third-order valence-electron chi connectivity index (χ3n) is 10.4. The van der Waals surface area contributed by atoms with Crippen molar-refractivity contribution in [2.75, 3.05) is 24.3 Å². The second-order valence-electron chi connectivity index (χ2n) is 14.2. The summed E-state index contributed by atoms with van der Waals surface area (Å²) in [7, 11) is 1.53. The van der Waals surface area contributed by atoms with Crippen molar-refractivity contribution in [1.29, 1.82) is 5.41 Å². The molecule has 260 valence electrons. The average molecular weight is 672 g/mol. The van der Waals surface area contributed by atoms with E-state index in [1.165, 1.54) is 14.0 Å². The topological polar surface area (TPSA) is 185 Å². The van der Waals surface area contributed by atoms with Gasteiger partial charge >= 0.3 is 6.03 Å². The lowest BCUT2D eigenvalue weighted by Crippen LogP contribution is -2.59. The van der Waals surface area contributed by atoms with E-state index in [1.807, 2.05) is 32.0 Å². The number of para-hydroxylation sites is 2. The van der Waals surface area contributed by atoms with E-state index in [4.69, 9.17) is 10.1 Å². The van der Waals surface area contributed by atoms with E-state index in [-0.39, 0.29) is 48.4 Å². The molecule has 1 aliphatic heterocycles. The molecule has 6 N–H and O–H groups in total. The van der Waals surface area contributed by atoms with Gasteiger partial charge in [-0.3, -0.25) is 14.4 Å². The summed E-state index contributed by atoms with van der Waals surface area (Å²) in [4.78, 5) is 56.5. The summed E-state index contributed by atoms with van der Waals surface area (Å²) in [6, 6.07) is 11.3. The van der Waals surface area contributed by atoms with Crippen LogP contribution in [0, 0.1) is 29.1 Å². The third kappa shape index (κ3) is 6.83. The van der Waals surface area contributed by atoms with Gasteiger partial charge in [-0.2, -0.15) is 0 Å². The van der Waals surface area contributed by atoms with Crippen LogP contribution in [0.4, 0.5) is 16.2 Å². The van der Waals surface area contributed by atoms with E-state index < -0.39 is 29.1 Å². The summed E-state index contributed by atoms with van der Waals surface area (Å²) in [6.07, 6.45) is 4.42. The number of ether oxygens (including phenoxy) is 1. The Balaban J connectivity index is 1.27. The van der Waals surface area contributed by atoms with Crippen LogP contribution in [0.25, 0.3) is 0 Å². The van der Waals surface area contributed by atoms with Crippen molar-refractivity contribution in [1.82, 2.24) is 15.5 Å². The van der Waals surface area contributed by atoms with Crippen LogP contribution in [-0.4, -0.2) is 76.6 Å². The molecular formula is C36H45N7O6. The quantitative estimate of drug-likeness (QED) is 0.106. The smallest absolute Gasteiger partial charge is 0.318 e. The van der Waals surface area contributed by atoms with Crippen LogP contribution in [-0.2, 0) is 27.2 Å². The first-order valence-electron chi connectivity index (χ1n) is 17.0. The maximum atomic E-state index is 14.3. The Kier molecular flexibility index (Phi) is 9.37. The molecule has 2 aromatic carbocycles. The van der Waals surface area contributed by atoms with Crippen LogP contribution in [0.5, 0.6) is 5.75 Å². The van der Waals surface area contributed by atoms with Gasteiger partial charge in [-0.25, -0.2) is 4.79 Å². The third-order valence-corrected chi connectivity index (χ3v) is 10.4. The summed E-state index contributed by atoms with van der Waals surface area (Å²) < 4.78 is 5.48. The van der Waals surface area contributed by atoms with Gasteiger partial charge in [-0.1, -0.05) is 37.2 Å². The molecule has 13 nitrogen and oxygen atoms in total. The van der Waals surface area contributed by atoms with Crippen molar-refractivity contribution in [3.05, 3.63) is 53.6 Å². The number of hydrogen-bond donors (Lipinski definition) is 6. The Bertz CT molecular complexity index is 1690. The molecule has 0 bridgehead atoms. The molecule has 49 heavy (non-hydrogen) atoms. The highest BCUT2D eigenvalue weighted by atomic mass is 16.5. The lowest BCUT2D eigenvalue weighted by molar-refractivity contribution is -0.125. The van der Waals surface area contributed by atoms with Crippen molar-refractivity contribution in [2.24, 2.45) is 28.8 Å². The first-order valence-corrected chi connectivity index (χ1v) is 17.0. The average Bonchev–Trinajstić information content (AvgIpc) is 4.00. The molecule has 1 unspecified atom stereocenters. The molecule has 4 aliphatic rings. The summed E-state index contributed by atoms with van der Waals surface area (Å²) >= 11 is 0. The van der Waals surface area contributed by atoms with E-state index in [0.29, 0.717) is 35.5 Å².